The fraction of sp³-hybridized carbons (Fsp3) is 0.105. The van der Waals surface area contributed by atoms with Crippen LogP contribution in [0.5, 0.6) is 11.5 Å². The number of rotatable bonds is 4. The number of aromatic hydroxyl groups is 1. The van der Waals surface area contributed by atoms with Crippen LogP contribution in [0.2, 0.25) is 10.0 Å². The molecule has 2 amide bonds. The van der Waals surface area contributed by atoms with Crippen molar-refractivity contribution in [2.45, 2.75) is 6.92 Å². The second-order valence-corrected chi connectivity index (χ2v) is 7.92. The molecule has 2 aromatic rings. The van der Waals surface area contributed by atoms with Gasteiger partial charge in [-0.15, -0.1) is 0 Å². The predicted molar refractivity (Wildman–Crippen MR) is 120 cm³/mol. The number of amides is 2. The summed E-state index contributed by atoms with van der Waals surface area (Å²) in [5.74, 6) is -1.16. The molecule has 2 N–H and O–H groups in total. The highest BCUT2D eigenvalue weighted by Gasteiger charge is 2.35. The summed E-state index contributed by atoms with van der Waals surface area (Å²) in [5.41, 5.74) is 0.593. The average Bonchev–Trinajstić information content (AvgIpc) is 2.64. The van der Waals surface area contributed by atoms with Gasteiger partial charge in [0.1, 0.15) is 5.57 Å². The Morgan fingerprint density at radius 2 is 2.00 bits per heavy atom. The maximum Gasteiger partial charge on any atom is 0.270 e. The van der Waals surface area contributed by atoms with E-state index in [2.05, 4.69) is 21.2 Å². The van der Waals surface area contributed by atoms with Gasteiger partial charge >= 0.3 is 0 Å². The van der Waals surface area contributed by atoms with E-state index in [-0.39, 0.29) is 27.2 Å². The first-order chi connectivity index (χ1) is 13.7. The highest BCUT2D eigenvalue weighted by atomic mass is 79.9. The summed E-state index contributed by atoms with van der Waals surface area (Å²) in [6, 6.07) is 7.64. The number of ether oxygens (including phenoxy) is 1. The molecule has 1 heterocycles. The minimum absolute atomic E-state index is 0.0795. The second kappa shape index (κ2) is 8.71. The van der Waals surface area contributed by atoms with Crippen LogP contribution in [0.25, 0.3) is 6.08 Å². The number of anilines is 1. The number of phenolic OH excluding ortho intramolecular Hbond substituents is 1. The van der Waals surface area contributed by atoms with Crippen molar-refractivity contribution in [1.82, 2.24) is 5.32 Å². The lowest BCUT2D eigenvalue weighted by atomic mass is 10.1. The molecule has 2 aromatic carbocycles. The molecule has 3 rings (SSSR count). The van der Waals surface area contributed by atoms with Crippen molar-refractivity contribution in [2.75, 3.05) is 11.5 Å². The van der Waals surface area contributed by atoms with Crippen LogP contribution in [0.1, 0.15) is 12.5 Å². The Bertz CT molecular complexity index is 1070. The summed E-state index contributed by atoms with van der Waals surface area (Å²) in [5, 5.41) is 13.0. The Kier molecular flexibility index (Phi) is 6.48. The minimum Gasteiger partial charge on any atom is -0.503 e. The molecule has 6 nitrogen and oxygen atoms in total. The molecule has 0 atom stereocenters. The number of nitrogens with one attached hydrogen (secondary N) is 1. The van der Waals surface area contributed by atoms with Crippen LogP contribution < -0.4 is 15.0 Å². The first kappa shape index (κ1) is 21.6. The highest BCUT2D eigenvalue weighted by molar-refractivity contribution is 9.10. The molecule has 0 unspecified atom stereocenters. The van der Waals surface area contributed by atoms with Crippen LogP contribution in [0.4, 0.5) is 5.69 Å². The Morgan fingerprint density at radius 1 is 1.28 bits per heavy atom. The van der Waals surface area contributed by atoms with E-state index in [4.69, 9.17) is 40.2 Å². The number of benzene rings is 2. The Hall–Kier alpha value is -2.13. The molecular formula is C19H13BrCl2N2O4S. The lowest BCUT2D eigenvalue weighted by molar-refractivity contribution is -0.122. The van der Waals surface area contributed by atoms with E-state index in [1.807, 2.05) is 0 Å². The Balaban J connectivity index is 2.06. The van der Waals surface area contributed by atoms with Crippen LogP contribution in [0.3, 0.4) is 0 Å². The Morgan fingerprint density at radius 3 is 2.66 bits per heavy atom. The summed E-state index contributed by atoms with van der Waals surface area (Å²) < 4.78 is 5.73. The number of hydrogen-bond acceptors (Lipinski definition) is 5. The highest BCUT2D eigenvalue weighted by Crippen LogP contribution is 2.37. The van der Waals surface area contributed by atoms with Crippen LogP contribution in [0.15, 0.2) is 40.4 Å². The summed E-state index contributed by atoms with van der Waals surface area (Å²) in [6.45, 7) is 2.10. The lowest BCUT2D eigenvalue weighted by Gasteiger charge is -2.29. The van der Waals surface area contributed by atoms with Gasteiger partial charge in [-0.1, -0.05) is 23.2 Å². The third kappa shape index (κ3) is 4.40. The summed E-state index contributed by atoms with van der Waals surface area (Å²) >= 11 is 20.5. The third-order valence-electron chi connectivity index (χ3n) is 3.91. The van der Waals surface area contributed by atoms with Gasteiger partial charge in [-0.2, -0.15) is 0 Å². The fourth-order valence-electron chi connectivity index (χ4n) is 2.65. The standard InChI is InChI=1S/C19H13BrCl2N2O4S/c1-2-28-15-7-9(6-12(20)16(15)25)5-11-17(26)23-19(29)24(18(11)27)14-4-3-10(21)8-13(14)22/h3-8,25H,2H2,1H3,(H,23,26,29)/b11-5+. The molecule has 0 radical (unpaired) electrons. The largest absolute Gasteiger partial charge is 0.503 e. The Labute approximate surface area is 190 Å². The molecule has 1 fully saturated rings. The number of nitrogens with zero attached hydrogens (tertiary/aromatic N) is 1. The zero-order valence-electron chi connectivity index (χ0n) is 14.8. The van der Waals surface area contributed by atoms with Crippen molar-refractivity contribution >= 4 is 80.0 Å². The smallest absolute Gasteiger partial charge is 0.270 e. The van der Waals surface area contributed by atoms with Gasteiger partial charge in [0, 0.05) is 5.02 Å². The van der Waals surface area contributed by atoms with Gasteiger partial charge < -0.3 is 9.84 Å². The molecule has 1 aliphatic heterocycles. The minimum atomic E-state index is -0.650. The van der Waals surface area contributed by atoms with Crippen molar-refractivity contribution in [2.24, 2.45) is 0 Å². The molecule has 0 aliphatic carbocycles. The van der Waals surface area contributed by atoms with Gasteiger partial charge in [-0.05, 0) is 77.0 Å². The second-order valence-electron chi connectivity index (χ2n) is 5.84. The molecule has 150 valence electrons. The maximum atomic E-state index is 13.1. The molecule has 0 aromatic heterocycles. The quantitative estimate of drug-likeness (QED) is 0.351. The van der Waals surface area contributed by atoms with E-state index in [9.17, 15) is 14.7 Å². The van der Waals surface area contributed by atoms with Crippen molar-refractivity contribution < 1.29 is 19.4 Å². The van der Waals surface area contributed by atoms with Crippen LogP contribution >= 0.6 is 51.3 Å². The van der Waals surface area contributed by atoms with Crippen LogP contribution in [-0.2, 0) is 9.59 Å². The van der Waals surface area contributed by atoms with Gasteiger partial charge in [0.15, 0.2) is 16.6 Å². The van der Waals surface area contributed by atoms with Crippen molar-refractivity contribution in [3.8, 4) is 11.5 Å². The van der Waals surface area contributed by atoms with E-state index >= 15 is 0 Å². The molecule has 1 aliphatic rings. The fourth-order valence-corrected chi connectivity index (χ4v) is 3.87. The van der Waals surface area contributed by atoms with Crippen LogP contribution in [0, 0.1) is 0 Å². The molecule has 10 heteroatoms. The predicted octanol–water partition coefficient (Wildman–Crippen LogP) is 4.69. The molecule has 0 spiro atoms. The van der Waals surface area contributed by atoms with Crippen molar-refractivity contribution in [3.63, 3.8) is 0 Å². The molecule has 0 saturated carbocycles. The average molecular weight is 516 g/mol. The van der Waals surface area contributed by atoms with E-state index in [0.29, 0.717) is 27.4 Å². The number of carbonyl (C=O) groups is 2. The van der Waals surface area contributed by atoms with Gasteiger partial charge in [-0.3, -0.25) is 19.8 Å². The summed E-state index contributed by atoms with van der Waals surface area (Å²) in [4.78, 5) is 26.6. The number of thiocarbonyl (C=S) groups is 1. The third-order valence-corrected chi connectivity index (χ3v) is 5.34. The zero-order valence-corrected chi connectivity index (χ0v) is 18.7. The maximum absolute atomic E-state index is 13.1. The lowest BCUT2D eigenvalue weighted by Crippen LogP contribution is -2.54. The zero-order chi connectivity index (χ0) is 21.3. The number of hydrogen-bond donors (Lipinski definition) is 2. The number of carbonyl (C=O) groups excluding carboxylic acids is 2. The van der Waals surface area contributed by atoms with E-state index in [1.165, 1.54) is 24.3 Å². The van der Waals surface area contributed by atoms with E-state index in [0.717, 1.165) is 4.90 Å². The van der Waals surface area contributed by atoms with Crippen LogP contribution in [-0.4, -0.2) is 28.6 Å². The van der Waals surface area contributed by atoms with Gasteiger partial charge in [0.05, 0.1) is 21.8 Å². The molecule has 1 saturated heterocycles. The van der Waals surface area contributed by atoms with Gasteiger partial charge in [-0.25, -0.2) is 0 Å². The number of phenols is 1. The molecule has 29 heavy (non-hydrogen) atoms. The SMILES string of the molecule is CCOc1cc(/C=C2\C(=O)NC(=S)N(c3ccc(Cl)cc3Cl)C2=O)cc(Br)c1O. The first-order valence-electron chi connectivity index (χ1n) is 8.24. The van der Waals surface area contributed by atoms with E-state index in [1.54, 1.807) is 19.1 Å². The van der Waals surface area contributed by atoms with Crippen molar-refractivity contribution in [1.29, 1.82) is 0 Å². The topological polar surface area (TPSA) is 78.9 Å². The first-order valence-corrected chi connectivity index (χ1v) is 10.2. The molecule has 0 bridgehead atoms. The summed E-state index contributed by atoms with van der Waals surface area (Å²) in [6.07, 6.45) is 1.38. The van der Waals surface area contributed by atoms with Gasteiger partial charge in [0.2, 0.25) is 0 Å². The number of halogens is 3. The van der Waals surface area contributed by atoms with E-state index < -0.39 is 11.8 Å². The molecular weight excluding hydrogens is 503 g/mol. The summed E-state index contributed by atoms with van der Waals surface area (Å²) in [7, 11) is 0. The monoisotopic (exact) mass is 514 g/mol. The van der Waals surface area contributed by atoms with Crippen molar-refractivity contribution in [3.05, 3.63) is 56.0 Å². The normalized spacial score (nSPS) is 15.7. The van der Waals surface area contributed by atoms with Gasteiger partial charge in [0.25, 0.3) is 11.8 Å².